The van der Waals surface area contributed by atoms with Crippen LogP contribution in [-0.2, 0) is 24.7 Å². The Labute approximate surface area is 189 Å². The Morgan fingerprint density at radius 2 is 1.72 bits per heavy atom. The van der Waals surface area contributed by atoms with Crippen LogP contribution >= 0.6 is 0 Å². The maximum absolute atomic E-state index is 13.4. The van der Waals surface area contributed by atoms with Gasteiger partial charge in [-0.05, 0) is 43.5 Å². The molecular weight excluding hydrogens is 458 g/mol. The summed E-state index contributed by atoms with van der Waals surface area (Å²) in [4.78, 5) is 14.5. The second-order valence-corrected chi connectivity index (χ2v) is 12.7. The number of ether oxygens (including phenoxy) is 1. The number of piperazine rings is 1. The van der Waals surface area contributed by atoms with E-state index in [4.69, 9.17) is 4.74 Å². The highest BCUT2D eigenvalue weighted by Gasteiger charge is 2.56. The highest BCUT2D eigenvalue weighted by atomic mass is 32.2. The maximum atomic E-state index is 13.4. The SMILES string of the molecule is CCCCOc1ccc(N2CCN(S(=O)(=O)C3(C(=O)NO)CCS(=O)(=O)CC3)CC2)cc1. The van der Waals surface area contributed by atoms with Gasteiger partial charge in [0, 0.05) is 31.9 Å². The summed E-state index contributed by atoms with van der Waals surface area (Å²) in [6, 6.07) is 7.63. The second-order valence-electron chi connectivity index (χ2n) is 8.17. The number of benzene rings is 1. The van der Waals surface area contributed by atoms with Crippen molar-refractivity contribution in [3.05, 3.63) is 24.3 Å². The van der Waals surface area contributed by atoms with Gasteiger partial charge in [0.2, 0.25) is 10.0 Å². The van der Waals surface area contributed by atoms with Crippen molar-refractivity contribution >= 4 is 31.5 Å². The third-order valence-electron chi connectivity index (χ3n) is 6.19. The summed E-state index contributed by atoms with van der Waals surface area (Å²) >= 11 is 0. The van der Waals surface area contributed by atoms with E-state index in [9.17, 15) is 26.8 Å². The van der Waals surface area contributed by atoms with Crippen molar-refractivity contribution in [1.82, 2.24) is 9.79 Å². The number of hydroxylamine groups is 1. The van der Waals surface area contributed by atoms with E-state index in [1.807, 2.05) is 29.2 Å². The van der Waals surface area contributed by atoms with E-state index < -0.39 is 42.0 Å². The van der Waals surface area contributed by atoms with E-state index in [2.05, 4.69) is 6.92 Å². The lowest BCUT2D eigenvalue weighted by Gasteiger charge is -2.41. The summed E-state index contributed by atoms with van der Waals surface area (Å²) in [5.74, 6) is -1.11. The topological polar surface area (TPSA) is 133 Å². The van der Waals surface area contributed by atoms with Crippen LogP contribution in [0.5, 0.6) is 5.75 Å². The van der Waals surface area contributed by atoms with Gasteiger partial charge in [0.25, 0.3) is 5.91 Å². The minimum Gasteiger partial charge on any atom is -0.494 e. The molecule has 12 heteroatoms. The van der Waals surface area contributed by atoms with Crippen molar-refractivity contribution in [3.63, 3.8) is 0 Å². The number of hydrogen-bond acceptors (Lipinski definition) is 8. The van der Waals surface area contributed by atoms with Gasteiger partial charge in [-0.2, -0.15) is 4.31 Å². The molecule has 2 saturated heterocycles. The lowest BCUT2D eigenvalue weighted by Crippen LogP contribution is -2.62. The standard InChI is InChI=1S/C20H31N3O7S2/c1-2-3-14-30-18-6-4-17(5-7-18)22-10-12-23(13-11-22)32(28,29)20(19(24)21-25)8-15-31(26,27)16-9-20/h4-7,25H,2-3,8-16H2,1H3,(H,21,24). The van der Waals surface area contributed by atoms with Crippen LogP contribution in [-0.4, -0.2) is 81.3 Å². The highest BCUT2D eigenvalue weighted by molar-refractivity contribution is 7.93. The average Bonchev–Trinajstić information content (AvgIpc) is 2.79. The summed E-state index contributed by atoms with van der Waals surface area (Å²) in [6.07, 6.45) is 1.30. The zero-order valence-electron chi connectivity index (χ0n) is 18.2. The van der Waals surface area contributed by atoms with Crippen molar-refractivity contribution in [3.8, 4) is 5.75 Å². The van der Waals surface area contributed by atoms with E-state index in [0.717, 1.165) is 24.3 Å². The second kappa shape index (κ2) is 9.94. The molecule has 0 radical (unpaired) electrons. The first-order valence-corrected chi connectivity index (χ1v) is 14.0. The summed E-state index contributed by atoms with van der Waals surface area (Å²) in [5.41, 5.74) is 2.39. The number of carbonyl (C=O) groups is 1. The molecule has 0 unspecified atom stereocenters. The Morgan fingerprint density at radius 1 is 1.12 bits per heavy atom. The number of anilines is 1. The normalized spacial score (nSPS) is 21.1. The zero-order valence-corrected chi connectivity index (χ0v) is 19.8. The molecule has 0 aromatic heterocycles. The molecule has 3 rings (SSSR count). The molecular formula is C20H31N3O7S2. The van der Waals surface area contributed by atoms with Gasteiger partial charge in [0.15, 0.2) is 4.75 Å². The van der Waals surface area contributed by atoms with E-state index in [0.29, 0.717) is 19.7 Å². The van der Waals surface area contributed by atoms with Gasteiger partial charge < -0.3 is 9.64 Å². The smallest absolute Gasteiger partial charge is 0.266 e. The molecule has 2 fully saturated rings. The third kappa shape index (κ3) is 5.03. The Hall–Kier alpha value is -1.89. The molecule has 0 atom stereocenters. The van der Waals surface area contributed by atoms with Crippen LogP contribution in [0.25, 0.3) is 0 Å². The Balaban J connectivity index is 1.68. The Bertz CT molecular complexity index is 988. The minimum atomic E-state index is -4.18. The number of hydrogen-bond donors (Lipinski definition) is 2. The number of nitrogens with zero attached hydrogens (tertiary/aromatic N) is 2. The van der Waals surface area contributed by atoms with Crippen LogP contribution in [0.1, 0.15) is 32.6 Å². The quantitative estimate of drug-likeness (QED) is 0.311. The Morgan fingerprint density at radius 3 is 2.25 bits per heavy atom. The van der Waals surface area contributed by atoms with Crippen molar-refractivity contribution in [2.45, 2.75) is 37.4 Å². The van der Waals surface area contributed by atoms with Crippen molar-refractivity contribution in [1.29, 1.82) is 0 Å². The average molecular weight is 490 g/mol. The van der Waals surface area contributed by atoms with E-state index in [1.54, 1.807) is 0 Å². The molecule has 1 amide bonds. The molecule has 10 nitrogen and oxygen atoms in total. The van der Waals surface area contributed by atoms with Gasteiger partial charge >= 0.3 is 0 Å². The van der Waals surface area contributed by atoms with E-state index >= 15 is 0 Å². The molecule has 2 aliphatic heterocycles. The van der Waals surface area contributed by atoms with Crippen LogP contribution in [0.15, 0.2) is 24.3 Å². The van der Waals surface area contributed by atoms with Gasteiger partial charge in [-0.3, -0.25) is 10.0 Å². The predicted molar refractivity (Wildman–Crippen MR) is 120 cm³/mol. The lowest BCUT2D eigenvalue weighted by atomic mass is 10.0. The van der Waals surface area contributed by atoms with Crippen LogP contribution in [0.4, 0.5) is 5.69 Å². The van der Waals surface area contributed by atoms with Crippen LogP contribution in [0.2, 0.25) is 0 Å². The summed E-state index contributed by atoms with van der Waals surface area (Å²) in [6.45, 7) is 3.92. The maximum Gasteiger partial charge on any atom is 0.266 e. The van der Waals surface area contributed by atoms with Crippen molar-refractivity contribution in [2.24, 2.45) is 0 Å². The molecule has 0 saturated carbocycles. The van der Waals surface area contributed by atoms with Crippen LogP contribution in [0, 0.1) is 0 Å². The molecule has 2 heterocycles. The predicted octanol–water partition coefficient (Wildman–Crippen LogP) is 0.770. The third-order valence-corrected chi connectivity index (χ3v) is 10.5. The number of unbranched alkanes of at least 4 members (excludes halogenated alkanes) is 1. The van der Waals surface area contributed by atoms with Gasteiger partial charge in [-0.1, -0.05) is 13.3 Å². The number of nitrogens with one attached hydrogen (secondary N) is 1. The fraction of sp³-hybridized carbons (Fsp3) is 0.650. The molecule has 1 aromatic rings. The molecule has 0 bridgehead atoms. The number of sulfone groups is 1. The van der Waals surface area contributed by atoms with Crippen LogP contribution in [0.3, 0.4) is 0 Å². The number of sulfonamides is 1. The largest absolute Gasteiger partial charge is 0.494 e. The first-order valence-electron chi connectivity index (χ1n) is 10.8. The fourth-order valence-electron chi connectivity index (χ4n) is 4.09. The molecule has 1 aromatic carbocycles. The first-order chi connectivity index (χ1) is 15.1. The van der Waals surface area contributed by atoms with Crippen molar-refractivity contribution in [2.75, 3.05) is 49.2 Å². The first kappa shape index (κ1) is 24.7. The molecule has 2 N–H and O–H groups in total. The molecule has 2 aliphatic rings. The number of amides is 1. The number of carbonyl (C=O) groups excluding carboxylic acids is 1. The summed E-state index contributed by atoms with van der Waals surface area (Å²) < 4.78 is 55.4. The number of rotatable bonds is 8. The summed E-state index contributed by atoms with van der Waals surface area (Å²) in [7, 11) is -7.59. The zero-order chi connectivity index (χ0) is 23.4. The van der Waals surface area contributed by atoms with E-state index in [-0.39, 0.29) is 25.9 Å². The van der Waals surface area contributed by atoms with Gasteiger partial charge in [0.05, 0.1) is 18.1 Å². The monoisotopic (exact) mass is 489 g/mol. The van der Waals surface area contributed by atoms with E-state index in [1.165, 1.54) is 9.79 Å². The molecule has 0 aliphatic carbocycles. The lowest BCUT2D eigenvalue weighted by molar-refractivity contribution is -0.132. The summed E-state index contributed by atoms with van der Waals surface area (Å²) in [5, 5.41) is 9.17. The molecule has 0 spiro atoms. The van der Waals surface area contributed by atoms with Crippen molar-refractivity contribution < 1.29 is 31.6 Å². The van der Waals surface area contributed by atoms with Gasteiger partial charge in [-0.25, -0.2) is 22.3 Å². The fourth-order valence-corrected chi connectivity index (χ4v) is 8.01. The molecule has 32 heavy (non-hydrogen) atoms. The van der Waals surface area contributed by atoms with Gasteiger partial charge in [-0.15, -0.1) is 0 Å². The highest BCUT2D eigenvalue weighted by Crippen LogP contribution is 2.35. The van der Waals surface area contributed by atoms with Gasteiger partial charge in [0.1, 0.15) is 15.6 Å². The van der Waals surface area contributed by atoms with Crippen LogP contribution < -0.4 is 15.1 Å². The minimum absolute atomic E-state index is 0.157. The molecule has 180 valence electrons. The Kier molecular flexibility index (Phi) is 7.69.